The summed E-state index contributed by atoms with van der Waals surface area (Å²) < 4.78 is 13.1. The minimum atomic E-state index is -0.459. The summed E-state index contributed by atoms with van der Waals surface area (Å²) in [5.74, 6) is -0.550. The van der Waals surface area contributed by atoms with Crippen molar-refractivity contribution >= 4 is 11.5 Å². The highest BCUT2D eigenvalue weighted by Crippen LogP contribution is 2.22. The Morgan fingerprint density at radius 3 is 2.69 bits per heavy atom. The second-order valence-corrected chi connectivity index (χ2v) is 4.08. The predicted molar refractivity (Wildman–Crippen MR) is 61.7 cm³/mol. The number of hydrogen-bond acceptors (Lipinski definition) is 2. The number of halogens is 1. The van der Waals surface area contributed by atoms with Crippen molar-refractivity contribution in [1.29, 1.82) is 0 Å². The molecule has 0 radical (unpaired) electrons. The van der Waals surface area contributed by atoms with Crippen molar-refractivity contribution in [2.45, 2.75) is 25.7 Å². The van der Waals surface area contributed by atoms with Gasteiger partial charge < -0.3 is 5.73 Å². The molecule has 1 aromatic rings. The van der Waals surface area contributed by atoms with Crippen LogP contribution in [-0.4, -0.2) is 5.78 Å². The smallest absolute Gasteiger partial charge is 0.188 e. The lowest BCUT2D eigenvalue weighted by Crippen LogP contribution is -2.07. The second kappa shape index (κ2) is 4.47. The molecule has 1 aromatic carbocycles. The summed E-state index contributed by atoms with van der Waals surface area (Å²) in [6, 6.07) is 3.99. The quantitative estimate of drug-likeness (QED) is 0.613. The molecule has 0 aromatic heterocycles. The monoisotopic (exact) mass is 219 g/mol. The molecule has 1 aliphatic rings. The Balaban J connectivity index is 2.29. The minimum absolute atomic E-state index is 0.0918. The van der Waals surface area contributed by atoms with Crippen LogP contribution in [0.25, 0.3) is 0 Å². The molecule has 84 valence electrons. The van der Waals surface area contributed by atoms with Gasteiger partial charge in [0.15, 0.2) is 5.78 Å². The van der Waals surface area contributed by atoms with Crippen molar-refractivity contribution in [2.75, 3.05) is 5.73 Å². The average molecular weight is 219 g/mol. The largest absolute Gasteiger partial charge is 0.399 e. The summed E-state index contributed by atoms with van der Waals surface area (Å²) in [7, 11) is 0. The number of rotatable bonds is 2. The van der Waals surface area contributed by atoms with E-state index in [-0.39, 0.29) is 5.78 Å². The van der Waals surface area contributed by atoms with Crippen LogP contribution in [0, 0.1) is 5.82 Å². The predicted octanol–water partition coefficient (Wildman–Crippen LogP) is 3.09. The summed E-state index contributed by atoms with van der Waals surface area (Å²) >= 11 is 0. The summed E-state index contributed by atoms with van der Waals surface area (Å²) in [6.07, 6.45) is 5.83. The molecule has 0 amide bonds. The van der Waals surface area contributed by atoms with Gasteiger partial charge in [-0.1, -0.05) is 6.08 Å². The van der Waals surface area contributed by atoms with E-state index < -0.39 is 5.82 Å². The summed E-state index contributed by atoms with van der Waals surface area (Å²) in [5.41, 5.74) is 6.95. The van der Waals surface area contributed by atoms with Gasteiger partial charge in [0.2, 0.25) is 0 Å². The van der Waals surface area contributed by atoms with Crippen LogP contribution in [0.15, 0.2) is 29.8 Å². The molecular weight excluding hydrogens is 205 g/mol. The number of allylic oxidation sites excluding steroid dienone is 2. The number of nitrogen functional groups attached to an aromatic ring is 1. The number of ketones is 1. The van der Waals surface area contributed by atoms with Crippen LogP contribution in [0.5, 0.6) is 0 Å². The van der Waals surface area contributed by atoms with E-state index in [0.717, 1.165) is 31.3 Å². The number of hydrogen-bond donors (Lipinski definition) is 1. The second-order valence-electron chi connectivity index (χ2n) is 4.08. The molecule has 2 nitrogen and oxygen atoms in total. The molecule has 0 unspecified atom stereocenters. The fourth-order valence-electron chi connectivity index (χ4n) is 1.97. The summed E-state index contributed by atoms with van der Waals surface area (Å²) in [6.45, 7) is 0. The van der Waals surface area contributed by atoms with E-state index in [1.165, 1.54) is 18.2 Å². The lowest BCUT2D eigenvalue weighted by atomic mass is 9.93. The zero-order valence-corrected chi connectivity index (χ0v) is 9.00. The SMILES string of the molecule is Nc1cc(F)cc(C(=O)C2=CCCCC2)c1. The van der Waals surface area contributed by atoms with Gasteiger partial charge in [0, 0.05) is 11.3 Å². The normalized spacial score (nSPS) is 15.7. The molecule has 0 aliphatic heterocycles. The van der Waals surface area contributed by atoms with Crippen molar-refractivity contribution < 1.29 is 9.18 Å². The van der Waals surface area contributed by atoms with Gasteiger partial charge in [-0.15, -0.1) is 0 Å². The van der Waals surface area contributed by atoms with Gasteiger partial charge in [-0.05, 0) is 49.5 Å². The van der Waals surface area contributed by atoms with Crippen LogP contribution in [0.4, 0.5) is 10.1 Å². The molecular formula is C13H14FNO. The molecule has 0 spiro atoms. The molecule has 1 aliphatic carbocycles. The Kier molecular flexibility index (Phi) is 3.04. The van der Waals surface area contributed by atoms with Crippen molar-refractivity contribution in [3.63, 3.8) is 0 Å². The van der Waals surface area contributed by atoms with Crippen molar-refractivity contribution in [1.82, 2.24) is 0 Å². The van der Waals surface area contributed by atoms with Crippen molar-refractivity contribution in [2.24, 2.45) is 0 Å². The fraction of sp³-hybridized carbons (Fsp3) is 0.308. The first-order valence-electron chi connectivity index (χ1n) is 5.46. The Morgan fingerprint density at radius 2 is 2.06 bits per heavy atom. The standard InChI is InChI=1S/C13H14FNO/c14-11-6-10(7-12(15)8-11)13(16)9-4-2-1-3-5-9/h4,6-8H,1-3,5,15H2. The highest BCUT2D eigenvalue weighted by Gasteiger charge is 2.15. The van der Waals surface area contributed by atoms with Crippen LogP contribution in [0.3, 0.4) is 0 Å². The van der Waals surface area contributed by atoms with Crippen molar-refractivity contribution in [3.8, 4) is 0 Å². The molecule has 0 atom stereocenters. The van der Waals surface area contributed by atoms with Crippen LogP contribution in [0.2, 0.25) is 0 Å². The number of carbonyl (C=O) groups excluding carboxylic acids is 1. The fourth-order valence-corrected chi connectivity index (χ4v) is 1.97. The first kappa shape index (κ1) is 10.9. The number of Topliss-reactive ketones (excluding diaryl/α,β-unsaturated/α-hetero) is 1. The van der Waals surface area contributed by atoms with Gasteiger partial charge >= 0.3 is 0 Å². The van der Waals surface area contributed by atoms with Gasteiger partial charge in [0.05, 0.1) is 0 Å². The number of carbonyl (C=O) groups is 1. The van der Waals surface area contributed by atoms with E-state index in [4.69, 9.17) is 5.73 Å². The Bertz CT molecular complexity index is 431. The summed E-state index contributed by atoms with van der Waals surface area (Å²) in [4.78, 5) is 12.0. The molecule has 0 bridgehead atoms. The Labute approximate surface area is 94.0 Å². The lowest BCUT2D eigenvalue weighted by Gasteiger charge is -2.11. The van der Waals surface area contributed by atoms with Crippen LogP contribution in [-0.2, 0) is 0 Å². The first-order valence-corrected chi connectivity index (χ1v) is 5.46. The molecule has 2 rings (SSSR count). The molecule has 0 saturated heterocycles. The zero-order valence-electron chi connectivity index (χ0n) is 9.00. The molecule has 0 saturated carbocycles. The van der Waals surface area contributed by atoms with Crippen LogP contribution < -0.4 is 5.73 Å². The van der Waals surface area contributed by atoms with Crippen molar-refractivity contribution in [3.05, 3.63) is 41.2 Å². The Morgan fingerprint density at radius 1 is 1.25 bits per heavy atom. The molecule has 16 heavy (non-hydrogen) atoms. The molecule has 2 N–H and O–H groups in total. The van der Waals surface area contributed by atoms with Gasteiger partial charge in [-0.25, -0.2) is 4.39 Å². The summed E-state index contributed by atoms with van der Waals surface area (Å²) in [5, 5.41) is 0. The maximum Gasteiger partial charge on any atom is 0.188 e. The van der Waals surface area contributed by atoms with Gasteiger partial charge in [0.25, 0.3) is 0 Å². The number of anilines is 1. The zero-order chi connectivity index (χ0) is 11.5. The molecule has 3 heteroatoms. The number of nitrogens with two attached hydrogens (primary N) is 1. The van der Waals surface area contributed by atoms with Crippen LogP contribution >= 0.6 is 0 Å². The molecule has 0 heterocycles. The van der Waals surface area contributed by atoms with E-state index in [0.29, 0.717) is 11.3 Å². The van der Waals surface area contributed by atoms with E-state index in [9.17, 15) is 9.18 Å². The maximum atomic E-state index is 13.1. The first-order chi connectivity index (χ1) is 7.66. The van der Waals surface area contributed by atoms with Gasteiger partial charge in [-0.2, -0.15) is 0 Å². The Hall–Kier alpha value is -1.64. The molecule has 0 fully saturated rings. The van der Waals surface area contributed by atoms with E-state index >= 15 is 0 Å². The maximum absolute atomic E-state index is 13.1. The lowest BCUT2D eigenvalue weighted by molar-refractivity contribution is 0.102. The third-order valence-electron chi connectivity index (χ3n) is 2.76. The third kappa shape index (κ3) is 2.30. The van der Waals surface area contributed by atoms with Gasteiger partial charge in [0.1, 0.15) is 5.82 Å². The topological polar surface area (TPSA) is 43.1 Å². The minimum Gasteiger partial charge on any atom is -0.399 e. The number of benzene rings is 1. The van der Waals surface area contributed by atoms with E-state index in [1.54, 1.807) is 0 Å². The van der Waals surface area contributed by atoms with Gasteiger partial charge in [-0.3, -0.25) is 4.79 Å². The van der Waals surface area contributed by atoms with Crippen LogP contribution in [0.1, 0.15) is 36.0 Å². The third-order valence-corrected chi connectivity index (χ3v) is 2.76. The van der Waals surface area contributed by atoms with E-state index in [2.05, 4.69) is 0 Å². The highest BCUT2D eigenvalue weighted by molar-refractivity contribution is 6.09. The highest BCUT2D eigenvalue weighted by atomic mass is 19.1. The average Bonchev–Trinajstić information content (AvgIpc) is 2.28. The van der Waals surface area contributed by atoms with E-state index in [1.807, 2.05) is 6.08 Å².